The maximum absolute atomic E-state index is 11.5. The van der Waals surface area contributed by atoms with Crippen LogP contribution in [0.1, 0.15) is 25.3 Å². The van der Waals surface area contributed by atoms with Crippen molar-refractivity contribution in [2.75, 3.05) is 19.6 Å². The van der Waals surface area contributed by atoms with Crippen molar-refractivity contribution in [1.29, 1.82) is 0 Å². The van der Waals surface area contributed by atoms with E-state index >= 15 is 0 Å². The zero-order valence-corrected chi connectivity index (χ0v) is 14.4. The molecule has 0 aliphatic heterocycles. The lowest BCUT2D eigenvalue weighted by Crippen LogP contribution is -2.38. The molecule has 1 rings (SSSR count). The van der Waals surface area contributed by atoms with Crippen LogP contribution in [0.2, 0.25) is 0 Å². The summed E-state index contributed by atoms with van der Waals surface area (Å²) in [6.07, 6.45) is 0.973. The van der Waals surface area contributed by atoms with Crippen molar-refractivity contribution < 1.29 is 23.9 Å². The second kappa shape index (κ2) is 14.7. The average molecular weight is 351 g/mol. The Balaban J connectivity index is 0.00000277. The van der Waals surface area contributed by atoms with Crippen LogP contribution in [0.15, 0.2) is 30.3 Å². The van der Waals surface area contributed by atoms with Gasteiger partial charge in [-0.3, -0.25) is 4.79 Å². The number of ketones is 1. The van der Waals surface area contributed by atoms with E-state index in [2.05, 4.69) is 16.0 Å². The molecule has 1 aromatic rings. The third-order valence-corrected chi connectivity index (χ3v) is 2.87. The zero-order valence-electron chi connectivity index (χ0n) is 14.4. The second-order valence-electron chi connectivity index (χ2n) is 5.01. The number of hydrogen-bond donors (Lipinski definition) is 3. The summed E-state index contributed by atoms with van der Waals surface area (Å²) in [5, 5.41) is 7.71. The van der Waals surface area contributed by atoms with Gasteiger partial charge in [0.05, 0.1) is 6.54 Å². The average Bonchev–Trinajstić information content (AvgIpc) is 2.63. The van der Waals surface area contributed by atoms with Gasteiger partial charge in [-0.25, -0.2) is 9.59 Å². The third kappa shape index (κ3) is 13.3. The normalized spacial score (nSPS) is 9.16. The molecule has 0 saturated heterocycles. The number of nitrogens with one attached hydrogen (secondary N) is 3. The standard InChI is InChI=1S/C16H23N3O4.CH2O/c1-13(20)11-19-15(21)17-9-5-6-10-18-16(22)23-12-14-7-3-2-4-8-14;1-2/h2-4,7-8H,5-6,9-12H2,1H3,(H,18,22)(H2,17,19,21);1H2. The Morgan fingerprint density at radius 1 is 0.960 bits per heavy atom. The first-order chi connectivity index (χ1) is 12.1. The highest BCUT2D eigenvalue weighted by molar-refractivity contribution is 5.83. The van der Waals surface area contributed by atoms with Gasteiger partial charge in [-0.1, -0.05) is 30.3 Å². The maximum atomic E-state index is 11.5. The van der Waals surface area contributed by atoms with Crippen LogP contribution in [-0.2, 0) is 20.9 Å². The van der Waals surface area contributed by atoms with Crippen LogP contribution in [0.4, 0.5) is 9.59 Å². The summed E-state index contributed by atoms with van der Waals surface area (Å²) in [6.45, 7) is 4.63. The molecular weight excluding hydrogens is 326 g/mol. The molecule has 8 heteroatoms. The molecule has 8 nitrogen and oxygen atoms in total. The SMILES string of the molecule is C=O.CC(=O)CNC(=O)NCCCCNC(=O)OCc1ccccc1. The molecular formula is C17H25N3O5. The van der Waals surface area contributed by atoms with E-state index in [0.29, 0.717) is 25.9 Å². The van der Waals surface area contributed by atoms with Gasteiger partial charge in [-0.05, 0) is 25.3 Å². The van der Waals surface area contributed by atoms with Gasteiger partial charge >= 0.3 is 12.1 Å². The summed E-state index contributed by atoms with van der Waals surface area (Å²) < 4.78 is 5.07. The molecule has 0 fully saturated rings. The maximum Gasteiger partial charge on any atom is 0.407 e. The van der Waals surface area contributed by atoms with Gasteiger partial charge in [-0.15, -0.1) is 0 Å². The van der Waals surface area contributed by atoms with Gasteiger partial charge in [0, 0.05) is 13.1 Å². The Kier molecular flexibility index (Phi) is 13.0. The van der Waals surface area contributed by atoms with E-state index in [1.807, 2.05) is 37.1 Å². The summed E-state index contributed by atoms with van der Waals surface area (Å²) >= 11 is 0. The number of Topliss-reactive ketones (excluding diaryl/α,β-unsaturated/α-hetero) is 1. The Hall–Kier alpha value is -2.90. The predicted octanol–water partition coefficient (Wildman–Crippen LogP) is 1.40. The molecule has 0 spiro atoms. The van der Waals surface area contributed by atoms with Gasteiger partial charge in [0.1, 0.15) is 19.2 Å². The van der Waals surface area contributed by atoms with Crippen LogP contribution >= 0.6 is 0 Å². The summed E-state index contributed by atoms with van der Waals surface area (Å²) in [5.74, 6) is -0.0987. The molecule has 0 aliphatic carbocycles. The van der Waals surface area contributed by atoms with Gasteiger partial charge in [0.2, 0.25) is 0 Å². The molecule has 3 amide bonds. The van der Waals surface area contributed by atoms with Gasteiger partial charge < -0.3 is 25.5 Å². The fraction of sp³-hybridized carbons (Fsp3) is 0.412. The van der Waals surface area contributed by atoms with Crippen molar-refractivity contribution in [2.24, 2.45) is 0 Å². The highest BCUT2D eigenvalue weighted by Crippen LogP contribution is 2.00. The van der Waals surface area contributed by atoms with Crippen LogP contribution in [-0.4, -0.2) is 44.3 Å². The molecule has 0 aromatic heterocycles. The zero-order chi connectivity index (χ0) is 18.9. The number of rotatable bonds is 9. The molecule has 25 heavy (non-hydrogen) atoms. The third-order valence-electron chi connectivity index (χ3n) is 2.87. The van der Waals surface area contributed by atoms with Crippen molar-refractivity contribution in [3.05, 3.63) is 35.9 Å². The van der Waals surface area contributed by atoms with Crippen molar-refractivity contribution in [3.63, 3.8) is 0 Å². The lowest BCUT2D eigenvalue weighted by atomic mass is 10.2. The van der Waals surface area contributed by atoms with Crippen molar-refractivity contribution in [2.45, 2.75) is 26.4 Å². The minimum Gasteiger partial charge on any atom is -0.445 e. The lowest BCUT2D eigenvalue weighted by molar-refractivity contribution is -0.116. The largest absolute Gasteiger partial charge is 0.445 e. The smallest absolute Gasteiger partial charge is 0.407 e. The summed E-state index contributed by atoms with van der Waals surface area (Å²) in [6, 6.07) is 9.08. The molecule has 0 bridgehead atoms. The first kappa shape index (κ1) is 22.1. The number of alkyl carbamates (subject to hydrolysis) is 1. The molecule has 0 saturated carbocycles. The summed E-state index contributed by atoms with van der Waals surface area (Å²) in [7, 11) is 0. The first-order valence-electron chi connectivity index (χ1n) is 7.82. The number of hydrogen-bond acceptors (Lipinski definition) is 5. The van der Waals surface area contributed by atoms with Crippen molar-refractivity contribution >= 4 is 24.7 Å². The molecule has 0 aliphatic rings. The number of amides is 3. The Morgan fingerprint density at radius 3 is 2.16 bits per heavy atom. The molecule has 0 radical (unpaired) electrons. The topological polar surface area (TPSA) is 114 Å². The second-order valence-corrected chi connectivity index (χ2v) is 5.01. The minimum atomic E-state index is -0.457. The van der Waals surface area contributed by atoms with Crippen LogP contribution < -0.4 is 16.0 Å². The highest BCUT2D eigenvalue weighted by Gasteiger charge is 2.02. The van der Waals surface area contributed by atoms with Crippen LogP contribution in [0.5, 0.6) is 0 Å². The summed E-state index contributed by atoms with van der Waals surface area (Å²) in [5.41, 5.74) is 0.934. The molecule has 0 heterocycles. The number of carbonyl (C=O) groups is 4. The Bertz CT molecular complexity index is 522. The lowest BCUT2D eigenvalue weighted by Gasteiger charge is -2.08. The van der Waals surface area contributed by atoms with Gasteiger partial charge in [0.25, 0.3) is 0 Å². The van der Waals surface area contributed by atoms with E-state index in [4.69, 9.17) is 9.53 Å². The fourth-order valence-electron chi connectivity index (χ4n) is 1.68. The first-order valence-corrected chi connectivity index (χ1v) is 7.82. The molecule has 3 N–H and O–H groups in total. The monoisotopic (exact) mass is 351 g/mol. The van der Waals surface area contributed by atoms with E-state index in [0.717, 1.165) is 5.56 Å². The number of ether oxygens (including phenoxy) is 1. The van der Waals surface area contributed by atoms with Crippen molar-refractivity contribution in [3.8, 4) is 0 Å². The van der Waals surface area contributed by atoms with Crippen LogP contribution in [0.3, 0.4) is 0 Å². The highest BCUT2D eigenvalue weighted by atomic mass is 16.5. The quantitative estimate of drug-likeness (QED) is 0.582. The van der Waals surface area contributed by atoms with E-state index in [1.54, 1.807) is 0 Å². The fourth-order valence-corrected chi connectivity index (χ4v) is 1.68. The summed E-state index contributed by atoms with van der Waals surface area (Å²) in [4.78, 5) is 41.4. The number of benzene rings is 1. The van der Waals surface area contributed by atoms with E-state index in [9.17, 15) is 14.4 Å². The van der Waals surface area contributed by atoms with Crippen LogP contribution in [0.25, 0.3) is 0 Å². The van der Waals surface area contributed by atoms with Crippen molar-refractivity contribution in [1.82, 2.24) is 16.0 Å². The Morgan fingerprint density at radius 2 is 1.56 bits per heavy atom. The van der Waals surface area contributed by atoms with E-state index < -0.39 is 6.09 Å². The van der Waals surface area contributed by atoms with Gasteiger partial charge in [-0.2, -0.15) is 0 Å². The van der Waals surface area contributed by atoms with Gasteiger partial charge in [0.15, 0.2) is 0 Å². The molecule has 1 aromatic carbocycles. The predicted molar refractivity (Wildman–Crippen MR) is 93.1 cm³/mol. The number of unbranched alkanes of at least 4 members (excludes halogenated alkanes) is 1. The number of urea groups is 1. The minimum absolute atomic E-state index is 0.0284. The molecule has 0 atom stereocenters. The van der Waals surface area contributed by atoms with E-state index in [1.165, 1.54) is 6.92 Å². The Labute approximate surface area is 147 Å². The van der Waals surface area contributed by atoms with Crippen LogP contribution in [0, 0.1) is 0 Å². The van der Waals surface area contributed by atoms with E-state index in [-0.39, 0.29) is 25.0 Å². The molecule has 138 valence electrons. The number of carbonyl (C=O) groups excluding carboxylic acids is 4. The molecule has 0 unspecified atom stereocenters.